The normalized spacial score (nSPS) is 19.5. The number of nitrogens with zero attached hydrogens (tertiary/aromatic N) is 2. The zero-order chi connectivity index (χ0) is 28.3. The number of hydrogen-bond acceptors (Lipinski definition) is 6. The summed E-state index contributed by atoms with van der Waals surface area (Å²) in [5, 5.41) is 5.93. The van der Waals surface area contributed by atoms with Gasteiger partial charge in [0.1, 0.15) is 16.0 Å². The molecule has 0 spiro atoms. The van der Waals surface area contributed by atoms with E-state index in [0.29, 0.717) is 22.4 Å². The van der Waals surface area contributed by atoms with Gasteiger partial charge in [0.25, 0.3) is 10.0 Å². The van der Waals surface area contributed by atoms with Gasteiger partial charge in [0.05, 0.1) is 17.0 Å². The van der Waals surface area contributed by atoms with Crippen LogP contribution in [-0.2, 0) is 21.2 Å². The molecule has 2 N–H and O–H groups in total. The van der Waals surface area contributed by atoms with Crippen molar-refractivity contribution in [2.45, 2.75) is 42.5 Å². The second-order valence-corrected chi connectivity index (χ2v) is 13.5. The Kier molecular flexibility index (Phi) is 8.65. The van der Waals surface area contributed by atoms with Gasteiger partial charge in [-0.15, -0.1) is 11.3 Å². The van der Waals surface area contributed by atoms with Crippen molar-refractivity contribution >= 4 is 50.6 Å². The third-order valence-electron chi connectivity index (χ3n) is 7.14. The molecule has 3 aromatic rings. The van der Waals surface area contributed by atoms with E-state index in [2.05, 4.69) is 16.7 Å². The van der Waals surface area contributed by atoms with Gasteiger partial charge in [-0.3, -0.25) is 4.79 Å². The number of rotatable bonds is 7. The summed E-state index contributed by atoms with van der Waals surface area (Å²) < 4.78 is 34.3. The third-order valence-corrected chi connectivity index (χ3v) is 10.7. The average Bonchev–Trinajstić information content (AvgIpc) is 3.41. The van der Waals surface area contributed by atoms with Crippen LogP contribution in [0.15, 0.2) is 64.9 Å². The molecule has 1 aliphatic heterocycles. The van der Waals surface area contributed by atoms with E-state index in [0.717, 1.165) is 36.2 Å². The standard InChI is InChI=1S/C28H31ClN4O5S2/c1-2-38-21-12-10-20(11-13-21)30-28(35)32-16-17-33(40(36,37)26-15-14-25(29)39-26)24(18-32)27(34)31-23-9-5-7-19-6-3-4-8-22(19)23/h3-4,6,8,10-15,23-24H,2,5,7,9,16-18H2,1H3,(H,30,35)(H,31,34). The van der Waals surface area contributed by atoms with Gasteiger partial charge >= 0.3 is 6.03 Å². The van der Waals surface area contributed by atoms with Gasteiger partial charge < -0.3 is 20.3 Å². The number of sulfonamides is 1. The molecule has 212 valence electrons. The largest absolute Gasteiger partial charge is 0.494 e. The first-order valence-corrected chi connectivity index (χ1v) is 15.8. The van der Waals surface area contributed by atoms with E-state index in [9.17, 15) is 18.0 Å². The highest BCUT2D eigenvalue weighted by Gasteiger charge is 2.42. The van der Waals surface area contributed by atoms with E-state index in [4.69, 9.17) is 16.3 Å². The molecule has 1 saturated heterocycles. The molecule has 2 unspecified atom stereocenters. The highest BCUT2D eigenvalue weighted by atomic mass is 35.5. The van der Waals surface area contributed by atoms with E-state index < -0.39 is 28.0 Å². The fourth-order valence-electron chi connectivity index (χ4n) is 5.18. The number of piperazine rings is 1. The van der Waals surface area contributed by atoms with Gasteiger partial charge in [0.15, 0.2) is 0 Å². The van der Waals surface area contributed by atoms with Crippen LogP contribution >= 0.6 is 22.9 Å². The molecular weight excluding hydrogens is 572 g/mol. The fraction of sp³-hybridized carbons (Fsp3) is 0.357. The number of nitrogens with one attached hydrogen (secondary N) is 2. The Morgan fingerprint density at radius 3 is 2.58 bits per heavy atom. The fourth-order valence-corrected chi connectivity index (χ4v) is 8.36. The quantitative estimate of drug-likeness (QED) is 0.400. The first-order chi connectivity index (χ1) is 19.3. The van der Waals surface area contributed by atoms with Crippen LogP contribution in [0.5, 0.6) is 5.75 Å². The van der Waals surface area contributed by atoms with Gasteiger partial charge in [-0.05, 0) is 73.7 Å². The van der Waals surface area contributed by atoms with Gasteiger partial charge in [-0.1, -0.05) is 35.9 Å². The lowest BCUT2D eigenvalue weighted by atomic mass is 9.87. The Labute approximate surface area is 243 Å². The SMILES string of the molecule is CCOc1ccc(NC(=O)N2CCN(S(=O)(=O)c3ccc(Cl)s3)C(C(=O)NC3CCCc4ccccc43)C2)cc1. The molecule has 5 rings (SSSR count). The van der Waals surface area contributed by atoms with Crippen LogP contribution in [0.3, 0.4) is 0 Å². The molecule has 1 fully saturated rings. The number of carbonyl (C=O) groups is 2. The van der Waals surface area contributed by atoms with Crippen LogP contribution in [-0.4, -0.2) is 61.8 Å². The number of benzene rings is 2. The molecule has 9 nitrogen and oxygen atoms in total. The molecule has 2 atom stereocenters. The second-order valence-electron chi connectivity index (χ2n) is 9.68. The average molecular weight is 603 g/mol. The van der Waals surface area contributed by atoms with Crippen molar-refractivity contribution in [3.8, 4) is 5.75 Å². The summed E-state index contributed by atoms with van der Waals surface area (Å²) in [5.74, 6) is 0.250. The van der Waals surface area contributed by atoms with E-state index in [1.165, 1.54) is 26.9 Å². The predicted molar refractivity (Wildman–Crippen MR) is 155 cm³/mol. The summed E-state index contributed by atoms with van der Waals surface area (Å²) in [7, 11) is -4.02. The molecule has 0 radical (unpaired) electrons. The van der Waals surface area contributed by atoms with Crippen molar-refractivity contribution in [2.75, 3.05) is 31.6 Å². The first-order valence-electron chi connectivity index (χ1n) is 13.2. The summed E-state index contributed by atoms with van der Waals surface area (Å²) in [4.78, 5) is 28.5. The maximum absolute atomic E-state index is 13.8. The van der Waals surface area contributed by atoms with Crippen molar-refractivity contribution in [2.24, 2.45) is 0 Å². The molecule has 0 saturated carbocycles. The number of ether oxygens (including phenoxy) is 1. The zero-order valence-electron chi connectivity index (χ0n) is 22.0. The van der Waals surface area contributed by atoms with E-state index in [-0.39, 0.29) is 29.9 Å². The van der Waals surface area contributed by atoms with Crippen molar-refractivity contribution in [3.63, 3.8) is 0 Å². The lowest BCUT2D eigenvalue weighted by molar-refractivity contribution is -0.127. The van der Waals surface area contributed by atoms with Crippen LogP contribution in [0.4, 0.5) is 10.5 Å². The van der Waals surface area contributed by atoms with Crippen molar-refractivity contribution < 1.29 is 22.7 Å². The minimum absolute atomic E-state index is 0.0338. The van der Waals surface area contributed by atoms with Crippen molar-refractivity contribution in [3.05, 3.63) is 76.1 Å². The Balaban J connectivity index is 1.37. The number of halogens is 1. The van der Waals surface area contributed by atoms with Crippen LogP contribution in [0.2, 0.25) is 4.34 Å². The summed E-state index contributed by atoms with van der Waals surface area (Å²) >= 11 is 6.98. The number of urea groups is 1. The molecular formula is C28H31ClN4O5S2. The first kappa shape index (κ1) is 28.4. The molecule has 2 aromatic carbocycles. The number of thiophene rings is 1. The van der Waals surface area contributed by atoms with Gasteiger partial charge in [0.2, 0.25) is 5.91 Å². The molecule has 3 amide bonds. The summed E-state index contributed by atoms with van der Waals surface area (Å²) in [6, 6.07) is 16.2. The van der Waals surface area contributed by atoms with Crippen LogP contribution in [0, 0.1) is 0 Å². The number of carbonyl (C=O) groups excluding carboxylic acids is 2. The smallest absolute Gasteiger partial charge is 0.321 e. The Morgan fingerprint density at radius 2 is 1.85 bits per heavy atom. The summed E-state index contributed by atoms with van der Waals surface area (Å²) in [6.07, 6.45) is 2.61. The number of hydrogen-bond donors (Lipinski definition) is 2. The van der Waals surface area contributed by atoms with Crippen LogP contribution in [0.25, 0.3) is 0 Å². The minimum Gasteiger partial charge on any atom is -0.494 e. The van der Waals surface area contributed by atoms with E-state index in [1.54, 1.807) is 24.3 Å². The number of aryl methyl sites for hydroxylation is 1. The predicted octanol–water partition coefficient (Wildman–Crippen LogP) is 4.90. The highest BCUT2D eigenvalue weighted by molar-refractivity contribution is 7.91. The topological polar surface area (TPSA) is 108 Å². The summed E-state index contributed by atoms with van der Waals surface area (Å²) in [6.45, 7) is 2.42. The molecule has 0 bridgehead atoms. The van der Waals surface area contributed by atoms with Gasteiger partial charge in [0, 0.05) is 25.3 Å². The summed E-state index contributed by atoms with van der Waals surface area (Å²) in [5.41, 5.74) is 2.79. The number of fused-ring (bicyclic) bond motifs is 1. The Morgan fingerprint density at radius 1 is 1.07 bits per heavy atom. The van der Waals surface area contributed by atoms with Gasteiger partial charge in [-0.2, -0.15) is 4.31 Å². The molecule has 1 aliphatic carbocycles. The Bertz CT molecular complexity index is 1480. The number of anilines is 1. The maximum atomic E-state index is 13.8. The zero-order valence-corrected chi connectivity index (χ0v) is 24.4. The minimum atomic E-state index is -4.02. The lowest BCUT2D eigenvalue weighted by Gasteiger charge is -2.40. The highest BCUT2D eigenvalue weighted by Crippen LogP contribution is 2.32. The van der Waals surface area contributed by atoms with Crippen molar-refractivity contribution in [1.82, 2.24) is 14.5 Å². The van der Waals surface area contributed by atoms with Gasteiger partial charge in [-0.25, -0.2) is 13.2 Å². The second kappa shape index (κ2) is 12.2. The van der Waals surface area contributed by atoms with Crippen LogP contribution < -0.4 is 15.4 Å². The third kappa shape index (κ3) is 6.12. The maximum Gasteiger partial charge on any atom is 0.321 e. The molecule has 12 heteroatoms. The molecule has 2 aliphatic rings. The number of amides is 3. The van der Waals surface area contributed by atoms with E-state index in [1.807, 2.05) is 25.1 Å². The Hall–Kier alpha value is -3.12. The van der Waals surface area contributed by atoms with E-state index >= 15 is 0 Å². The van der Waals surface area contributed by atoms with Crippen LogP contribution in [0.1, 0.15) is 36.9 Å². The molecule has 40 heavy (non-hydrogen) atoms. The monoisotopic (exact) mass is 602 g/mol. The van der Waals surface area contributed by atoms with Crippen molar-refractivity contribution in [1.29, 1.82) is 0 Å². The molecule has 2 heterocycles. The molecule has 1 aromatic heterocycles. The lowest BCUT2D eigenvalue weighted by Crippen LogP contribution is -2.62.